The van der Waals surface area contributed by atoms with Gasteiger partial charge in [-0.2, -0.15) is 0 Å². The van der Waals surface area contributed by atoms with E-state index in [-0.39, 0.29) is 11.6 Å². The number of halogens is 1. The van der Waals surface area contributed by atoms with Crippen LogP contribution in [0.1, 0.15) is 28.6 Å². The Labute approximate surface area is 179 Å². The van der Waals surface area contributed by atoms with Crippen molar-refractivity contribution in [3.63, 3.8) is 0 Å². The lowest BCUT2D eigenvalue weighted by atomic mass is 10.1. The quantitative estimate of drug-likeness (QED) is 0.277. The summed E-state index contributed by atoms with van der Waals surface area (Å²) in [5, 5.41) is 14.1. The number of benzene rings is 2. The van der Waals surface area contributed by atoms with Crippen LogP contribution in [-0.2, 0) is 11.2 Å². The Kier molecular flexibility index (Phi) is 6.53. The van der Waals surface area contributed by atoms with E-state index < -0.39 is 4.92 Å². The zero-order valence-corrected chi connectivity index (χ0v) is 17.9. The normalized spacial score (nSPS) is 10.9. The number of rotatable bonds is 6. The van der Waals surface area contributed by atoms with Crippen molar-refractivity contribution in [3.05, 3.63) is 83.9 Å². The summed E-state index contributed by atoms with van der Waals surface area (Å²) >= 11 is 3.71. The van der Waals surface area contributed by atoms with E-state index in [1.165, 1.54) is 34.0 Å². The van der Waals surface area contributed by atoms with Crippen molar-refractivity contribution in [2.24, 2.45) is 0 Å². The Balaban J connectivity index is 1.86. The highest BCUT2D eigenvalue weighted by molar-refractivity contribution is 14.1. The van der Waals surface area contributed by atoms with Crippen molar-refractivity contribution >= 4 is 62.8 Å². The second-order valence-corrected chi connectivity index (χ2v) is 8.32. The predicted molar refractivity (Wildman–Crippen MR) is 120 cm³/mol. The molecule has 0 fully saturated rings. The van der Waals surface area contributed by atoms with Crippen LogP contribution in [0, 0.1) is 13.7 Å². The molecule has 1 N–H and O–H groups in total. The van der Waals surface area contributed by atoms with Gasteiger partial charge in [-0.1, -0.05) is 18.2 Å². The van der Waals surface area contributed by atoms with E-state index >= 15 is 0 Å². The molecule has 0 saturated carbocycles. The van der Waals surface area contributed by atoms with E-state index in [2.05, 4.69) is 57.2 Å². The number of carbonyl (C=O) groups is 1. The van der Waals surface area contributed by atoms with Crippen LogP contribution >= 0.6 is 33.9 Å². The fraction of sp³-hybridized carbons (Fsp3) is 0.100. The van der Waals surface area contributed by atoms with Gasteiger partial charge < -0.3 is 5.32 Å². The van der Waals surface area contributed by atoms with E-state index in [4.69, 9.17) is 0 Å². The van der Waals surface area contributed by atoms with E-state index in [0.29, 0.717) is 11.6 Å². The summed E-state index contributed by atoms with van der Waals surface area (Å²) in [5.74, 6) is -0.166. The zero-order valence-electron chi connectivity index (χ0n) is 14.9. The van der Waals surface area contributed by atoms with Crippen molar-refractivity contribution in [3.8, 4) is 0 Å². The number of hydrogen-bond acceptors (Lipinski definition) is 5. The highest BCUT2D eigenvalue weighted by Crippen LogP contribution is 2.28. The maximum Gasteiger partial charge on any atom is 0.269 e. The number of hydrogen-bond donors (Lipinski definition) is 1. The Morgan fingerprint density at radius 3 is 2.46 bits per heavy atom. The number of nitrogens with zero attached hydrogens (tertiary/aromatic N) is 2. The monoisotopic (exact) mass is 505 g/mol. The van der Waals surface area contributed by atoms with Crippen molar-refractivity contribution in [1.29, 1.82) is 0 Å². The number of aromatic nitrogens is 1. The Morgan fingerprint density at radius 2 is 1.86 bits per heavy atom. The molecule has 6 nitrogen and oxygen atoms in total. The average Bonchev–Trinajstić information content (AvgIpc) is 3.02. The summed E-state index contributed by atoms with van der Waals surface area (Å²) in [4.78, 5) is 27.3. The number of thiazole rings is 1. The first-order valence-electron chi connectivity index (χ1n) is 8.35. The van der Waals surface area contributed by atoms with Gasteiger partial charge in [0.05, 0.1) is 10.6 Å². The fourth-order valence-corrected chi connectivity index (χ4v) is 3.88. The first-order valence-corrected chi connectivity index (χ1v) is 10.2. The van der Waals surface area contributed by atoms with E-state index in [1.807, 2.05) is 12.2 Å². The molecule has 0 bridgehead atoms. The summed E-state index contributed by atoms with van der Waals surface area (Å²) in [6.07, 6.45) is 4.42. The molecular weight excluding hydrogens is 489 g/mol. The van der Waals surface area contributed by atoms with Gasteiger partial charge in [-0.05, 0) is 64.1 Å². The van der Waals surface area contributed by atoms with E-state index in [1.54, 1.807) is 12.1 Å². The number of carbonyl (C=O) groups excluding carboxylic acids is 1. The summed E-state index contributed by atoms with van der Waals surface area (Å²) in [5.41, 5.74) is 2.81. The molecule has 3 rings (SSSR count). The number of nitro groups is 1. The lowest BCUT2D eigenvalue weighted by molar-refractivity contribution is -0.384. The van der Waals surface area contributed by atoms with Crippen molar-refractivity contribution < 1.29 is 9.72 Å². The SMILES string of the molecule is CC(=O)Nc1nc(/C=C/c2ccc([N+](=O)[O-])cc2)c(Cc2ccc(I)cc2)s1. The number of amides is 1. The van der Waals surface area contributed by atoms with Gasteiger partial charge in [0.15, 0.2) is 5.13 Å². The van der Waals surface area contributed by atoms with Crippen LogP contribution in [0.2, 0.25) is 0 Å². The van der Waals surface area contributed by atoms with Gasteiger partial charge in [0.2, 0.25) is 5.91 Å². The van der Waals surface area contributed by atoms with Gasteiger partial charge in [0.1, 0.15) is 0 Å². The number of anilines is 1. The predicted octanol–water partition coefficient (Wildman–Crippen LogP) is 5.38. The van der Waals surface area contributed by atoms with Gasteiger partial charge in [0, 0.05) is 33.9 Å². The molecular formula is C20H16IN3O3S. The molecule has 142 valence electrons. The molecule has 1 heterocycles. The maximum absolute atomic E-state index is 11.4. The van der Waals surface area contributed by atoms with Gasteiger partial charge in [-0.15, -0.1) is 11.3 Å². The minimum Gasteiger partial charge on any atom is -0.302 e. The van der Waals surface area contributed by atoms with Crippen LogP contribution in [0.5, 0.6) is 0 Å². The van der Waals surface area contributed by atoms with Gasteiger partial charge in [0.25, 0.3) is 5.69 Å². The molecule has 0 aliphatic heterocycles. The molecule has 8 heteroatoms. The third kappa shape index (κ3) is 5.46. The van der Waals surface area contributed by atoms with E-state index in [9.17, 15) is 14.9 Å². The molecule has 0 spiro atoms. The summed E-state index contributed by atoms with van der Waals surface area (Å²) in [6, 6.07) is 14.6. The third-order valence-electron chi connectivity index (χ3n) is 3.83. The van der Waals surface area contributed by atoms with Crippen LogP contribution in [0.25, 0.3) is 12.2 Å². The van der Waals surface area contributed by atoms with Crippen LogP contribution < -0.4 is 5.32 Å². The fourth-order valence-electron chi connectivity index (χ4n) is 2.49. The number of non-ortho nitro benzene ring substituents is 1. The molecule has 1 amide bonds. The lowest BCUT2D eigenvalue weighted by Crippen LogP contribution is -2.04. The third-order valence-corrected chi connectivity index (χ3v) is 5.53. The molecule has 3 aromatic rings. The lowest BCUT2D eigenvalue weighted by Gasteiger charge is -2.00. The molecule has 0 aliphatic rings. The minimum absolute atomic E-state index is 0.0538. The highest BCUT2D eigenvalue weighted by atomic mass is 127. The minimum atomic E-state index is -0.424. The zero-order chi connectivity index (χ0) is 20.1. The number of nitrogens with one attached hydrogen (secondary N) is 1. The molecule has 2 aromatic carbocycles. The topological polar surface area (TPSA) is 85.1 Å². The van der Waals surface area contributed by atoms with Crippen molar-refractivity contribution in [1.82, 2.24) is 4.98 Å². The molecule has 28 heavy (non-hydrogen) atoms. The molecule has 0 unspecified atom stereocenters. The Hall–Kier alpha value is -2.59. The van der Waals surface area contributed by atoms with E-state index in [0.717, 1.165) is 21.7 Å². The largest absolute Gasteiger partial charge is 0.302 e. The molecule has 1 aromatic heterocycles. The van der Waals surface area contributed by atoms with Gasteiger partial charge in [-0.3, -0.25) is 14.9 Å². The Morgan fingerprint density at radius 1 is 1.18 bits per heavy atom. The van der Waals surface area contributed by atoms with Gasteiger partial charge >= 0.3 is 0 Å². The van der Waals surface area contributed by atoms with Crippen LogP contribution in [0.4, 0.5) is 10.8 Å². The Bertz CT molecular complexity index is 1030. The standard InChI is InChI=1S/C20H16IN3O3S/c1-13(25)22-20-23-18(11-6-14-4-9-17(10-5-14)24(26)27)19(28-20)12-15-2-7-16(21)8-3-15/h2-11H,12H2,1H3,(H,22,23,25)/b11-6+. The average molecular weight is 505 g/mol. The smallest absolute Gasteiger partial charge is 0.269 e. The summed E-state index contributed by atoms with van der Waals surface area (Å²) < 4.78 is 1.17. The highest BCUT2D eigenvalue weighted by Gasteiger charge is 2.11. The maximum atomic E-state index is 11.4. The van der Waals surface area contributed by atoms with Crippen LogP contribution in [0.3, 0.4) is 0 Å². The summed E-state index contributed by atoms with van der Waals surface area (Å²) in [6.45, 7) is 1.45. The molecule has 0 saturated heterocycles. The molecule has 0 radical (unpaired) electrons. The van der Waals surface area contributed by atoms with Crippen molar-refractivity contribution in [2.45, 2.75) is 13.3 Å². The molecule has 0 atom stereocenters. The van der Waals surface area contributed by atoms with Gasteiger partial charge in [-0.25, -0.2) is 4.98 Å². The second-order valence-electron chi connectivity index (χ2n) is 5.99. The second kappa shape index (κ2) is 9.07. The number of nitro benzene ring substituents is 1. The van der Waals surface area contributed by atoms with Crippen LogP contribution in [-0.4, -0.2) is 15.8 Å². The first kappa shape index (κ1) is 20.2. The summed E-state index contributed by atoms with van der Waals surface area (Å²) in [7, 11) is 0. The first-order chi connectivity index (χ1) is 13.4. The van der Waals surface area contributed by atoms with Crippen LogP contribution in [0.15, 0.2) is 48.5 Å². The molecule has 0 aliphatic carbocycles. The van der Waals surface area contributed by atoms with Crippen molar-refractivity contribution in [2.75, 3.05) is 5.32 Å².